The predicted molar refractivity (Wildman–Crippen MR) is 93.8 cm³/mol. The molecule has 4 nitrogen and oxygen atoms in total. The van der Waals surface area contributed by atoms with E-state index in [1.54, 1.807) is 6.26 Å². The van der Waals surface area contributed by atoms with Gasteiger partial charge in [-0.2, -0.15) is 0 Å². The molecule has 4 heteroatoms. The average Bonchev–Trinajstić information content (AvgIpc) is 3.32. The van der Waals surface area contributed by atoms with E-state index in [0.717, 1.165) is 23.7 Å². The lowest BCUT2D eigenvalue weighted by Gasteiger charge is -2.25. The molecule has 0 unspecified atom stereocenters. The molecule has 1 aliphatic rings. The molecule has 2 aromatic heterocycles. The fraction of sp³-hybridized carbons (Fsp3) is 0.300. The molecule has 0 atom stereocenters. The molecule has 122 valence electrons. The first-order valence-corrected chi connectivity index (χ1v) is 8.45. The normalized spacial score (nSPS) is 15.0. The van der Waals surface area contributed by atoms with Crippen molar-refractivity contribution in [1.29, 1.82) is 0 Å². The Kier molecular flexibility index (Phi) is 3.81. The number of nitrogens with zero attached hydrogens (tertiary/aromatic N) is 2. The van der Waals surface area contributed by atoms with Gasteiger partial charge in [-0.1, -0.05) is 31.0 Å². The molecule has 0 spiro atoms. The third-order valence-electron chi connectivity index (χ3n) is 4.91. The first-order chi connectivity index (χ1) is 11.7. The minimum absolute atomic E-state index is 0.0632. The van der Waals surface area contributed by atoms with Gasteiger partial charge in [0.05, 0.1) is 17.3 Å². The maximum Gasteiger partial charge on any atom is 0.254 e. The average molecular weight is 320 g/mol. The van der Waals surface area contributed by atoms with Crippen LogP contribution in [0.1, 0.15) is 36.0 Å². The third-order valence-corrected chi connectivity index (χ3v) is 4.91. The van der Waals surface area contributed by atoms with Gasteiger partial charge in [-0.15, -0.1) is 0 Å². The molecule has 2 heterocycles. The largest absolute Gasteiger partial charge is 0.463 e. The number of rotatable bonds is 3. The minimum Gasteiger partial charge on any atom is -0.463 e. The quantitative estimate of drug-likeness (QED) is 0.713. The maximum atomic E-state index is 13.1. The Morgan fingerprint density at radius 3 is 2.71 bits per heavy atom. The molecule has 3 aromatic rings. The summed E-state index contributed by atoms with van der Waals surface area (Å²) in [4.78, 5) is 19.7. The number of aromatic nitrogens is 1. The Morgan fingerprint density at radius 1 is 1.17 bits per heavy atom. The highest BCUT2D eigenvalue weighted by molar-refractivity contribution is 6.07. The lowest BCUT2D eigenvalue weighted by Crippen LogP contribution is -2.35. The molecule has 1 aromatic carbocycles. The highest BCUT2D eigenvalue weighted by atomic mass is 16.3. The first-order valence-electron chi connectivity index (χ1n) is 8.45. The van der Waals surface area contributed by atoms with E-state index < -0.39 is 0 Å². The Hall–Kier alpha value is -2.62. The van der Waals surface area contributed by atoms with E-state index in [2.05, 4.69) is 4.98 Å². The van der Waals surface area contributed by atoms with Crippen LogP contribution in [0.2, 0.25) is 0 Å². The molecular weight excluding hydrogens is 300 g/mol. The summed E-state index contributed by atoms with van der Waals surface area (Å²) in [5.41, 5.74) is 2.21. The number of carbonyl (C=O) groups is 1. The zero-order valence-electron chi connectivity index (χ0n) is 13.7. The molecule has 1 saturated carbocycles. The number of fused-ring (bicyclic) bond motifs is 1. The van der Waals surface area contributed by atoms with E-state index in [4.69, 9.17) is 4.42 Å². The maximum absolute atomic E-state index is 13.1. The van der Waals surface area contributed by atoms with Crippen LogP contribution in [0.4, 0.5) is 0 Å². The molecule has 24 heavy (non-hydrogen) atoms. The van der Waals surface area contributed by atoms with E-state index in [-0.39, 0.29) is 5.91 Å². The van der Waals surface area contributed by atoms with Gasteiger partial charge in [0, 0.05) is 18.5 Å². The van der Waals surface area contributed by atoms with E-state index in [1.165, 1.54) is 12.8 Å². The fourth-order valence-electron chi connectivity index (χ4n) is 3.55. The van der Waals surface area contributed by atoms with E-state index in [0.29, 0.717) is 23.1 Å². The molecule has 0 saturated heterocycles. The second-order valence-electron chi connectivity index (χ2n) is 6.40. The lowest BCUT2D eigenvalue weighted by atomic mass is 10.0. The topological polar surface area (TPSA) is 46.3 Å². The lowest BCUT2D eigenvalue weighted by molar-refractivity contribution is 0.0737. The van der Waals surface area contributed by atoms with Gasteiger partial charge in [0.25, 0.3) is 5.91 Å². The van der Waals surface area contributed by atoms with Crippen molar-refractivity contribution in [3.05, 3.63) is 54.3 Å². The van der Waals surface area contributed by atoms with Crippen LogP contribution >= 0.6 is 0 Å². The monoisotopic (exact) mass is 320 g/mol. The van der Waals surface area contributed by atoms with Crippen molar-refractivity contribution in [2.24, 2.45) is 0 Å². The molecule has 0 radical (unpaired) electrons. The summed E-state index contributed by atoms with van der Waals surface area (Å²) in [6.45, 7) is 0. The van der Waals surface area contributed by atoms with Gasteiger partial charge in [0.15, 0.2) is 5.76 Å². The van der Waals surface area contributed by atoms with Crippen molar-refractivity contribution in [3.8, 4) is 11.5 Å². The summed E-state index contributed by atoms with van der Waals surface area (Å²) >= 11 is 0. The van der Waals surface area contributed by atoms with Crippen molar-refractivity contribution in [2.45, 2.75) is 31.7 Å². The zero-order chi connectivity index (χ0) is 16.5. The Labute approximate surface area is 141 Å². The minimum atomic E-state index is 0.0632. The summed E-state index contributed by atoms with van der Waals surface area (Å²) in [6, 6.07) is 13.7. The van der Waals surface area contributed by atoms with Gasteiger partial charge < -0.3 is 9.32 Å². The number of hydrogen-bond donors (Lipinski definition) is 0. The van der Waals surface area contributed by atoms with Crippen LogP contribution < -0.4 is 0 Å². The van der Waals surface area contributed by atoms with Crippen LogP contribution in [0.3, 0.4) is 0 Å². The van der Waals surface area contributed by atoms with Gasteiger partial charge in [-0.25, -0.2) is 4.98 Å². The molecular formula is C20H20N2O2. The van der Waals surface area contributed by atoms with Gasteiger partial charge in [-0.05, 0) is 37.1 Å². The summed E-state index contributed by atoms with van der Waals surface area (Å²) in [5.74, 6) is 0.742. The third kappa shape index (κ3) is 2.58. The van der Waals surface area contributed by atoms with E-state index >= 15 is 0 Å². The van der Waals surface area contributed by atoms with Crippen molar-refractivity contribution in [1.82, 2.24) is 9.88 Å². The molecule has 0 aliphatic heterocycles. The van der Waals surface area contributed by atoms with Crippen molar-refractivity contribution < 1.29 is 9.21 Å². The highest BCUT2D eigenvalue weighted by Gasteiger charge is 2.26. The van der Waals surface area contributed by atoms with Crippen molar-refractivity contribution >= 4 is 16.8 Å². The molecule has 1 fully saturated rings. The zero-order valence-corrected chi connectivity index (χ0v) is 13.7. The van der Waals surface area contributed by atoms with Crippen LogP contribution in [-0.2, 0) is 0 Å². The summed E-state index contributed by atoms with van der Waals surface area (Å²) in [5, 5.41) is 0.891. The van der Waals surface area contributed by atoms with E-state index in [1.807, 2.05) is 54.4 Å². The number of benzene rings is 1. The van der Waals surface area contributed by atoms with Crippen LogP contribution in [-0.4, -0.2) is 28.9 Å². The summed E-state index contributed by atoms with van der Waals surface area (Å²) < 4.78 is 5.48. The van der Waals surface area contributed by atoms with Crippen LogP contribution in [0, 0.1) is 0 Å². The van der Waals surface area contributed by atoms with Crippen molar-refractivity contribution in [2.75, 3.05) is 7.05 Å². The van der Waals surface area contributed by atoms with Gasteiger partial charge in [0.1, 0.15) is 5.69 Å². The molecule has 0 N–H and O–H groups in total. The highest BCUT2D eigenvalue weighted by Crippen LogP contribution is 2.28. The number of amides is 1. The van der Waals surface area contributed by atoms with Gasteiger partial charge >= 0.3 is 0 Å². The smallest absolute Gasteiger partial charge is 0.254 e. The number of carbonyl (C=O) groups excluding carboxylic acids is 1. The second kappa shape index (κ2) is 6.11. The molecule has 1 amide bonds. The summed E-state index contributed by atoms with van der Waals surface area (Å²) in [6.07, 6.45) is 6.22. The van der Waals surface area contributed by atoms with Crippen molar-refractivity contribution in [3.63, 3.8) is 0 Å². The second-order valence-corrected chi connectivity index (χ2v) is 6.40. The van der Waals surface area contributed by atoms with Gasteiger partial charge in [-0.3, -0.25) is 4.79 Å². The number of para-hydroxylation sites is 1. The first kappa shape index (κ1) is 14.9. The number of pyridine rings is 1. The van der Waals surface area contributed by atoms with E-state index in [9.17, 15) is 4.79 Å². The predicted octanol–water partition coefficient (Wildman–Crippen LogP) is 4.51. The Morgan fingerprint density at radius 2 is 1.96 bits per heavy atom. The molecule has 0 bridgehead atoms. The number of hydrogen-bond acceptors (Lipinski definition) is 3. The standard InChI is InChI=1S/C20H20N2O2/c1-22(14-7-2-3-8-14)20(23)16-13-18(19-11-6-12-24-19)21-17-10-5-4-9-15(16)17/h4-6,9-14H,2-3,7-8H2,1H3. The summed E-state index contributed by atoms with van der Waals surface area (Å²) in [7, 11) is 1.92. The molecule has 4 rings (SSSR count). The Bertz CT molecular complexity index is 864. The Balaban J connectivity index is 1.82. The SMILES string of the molecule is CN(C(=O)c1cc(-c2ccco2)nc2ccccc12)C1CCCC1. The van der Waals surface area contributed by atoms with Gasteiger partial charge in [0.2, 0.25) is 0 Å². The van der Waals surface area contributed by atoms with Crippen LogP contribution in [0.15, 0.2) is 53.1 Å². The van der Waals surface area contributed by atoms with Crippen LogP contribution in [0.25, 0.3) is 22.4 Å². The molecule has 1 aliphatic carbocycles. The number of furan rings is 1. The van der Waals surface area contributed by atoms with Crippen LogP contribution in [0.5, 0.6) is 0 Å². The fourth-order valence-corrected chi connectivity index (χ4v) is 3.55.